The molecule has 3 nitrogen and oxygen atoms in total. The summed E-state index contributed by atoms with van der Waals surface area (Å²) in [6.07, 6.45) is 5.92. The molecule has 1 fully saturated rings. The highest BCUT2D eigenvalue weighted by molar-refractivity contribution is 5.09. The van der Waals surface area contributed by atoms with Gasteiger partial charge in [-0.25, -0.2) is 9.97 Å². The van der Waals surface area contributed by atoms with Gasteiger partial charge >= 0.3 is 0 Å². The van der Waals surface area contributed by atoms with Gasteiger partial charge in [0.2, 0.25) is 0 Å². The fraction of sp³-hybridized carbons (Fsp3) is 0.556. The zero-order chi connectivity index (χ0) is 8.60. The maximum atomic E-state index is 6.12. The first-order valence-electron chi connectivity index (χ1n) is 4.27. The third-order valence-electron chi connectivity index (χ3n) is 2.47. The highest BCUT2D eigenvalue weighted by Crippen LogP contribution is 2.42. The lowest BCUT2D eigenvalue weighted by molar-refractivity contribution is 0.400. The van der Waals surface area contributed by atoms with Gasteiger partial charge < -0.3 is 5.73 Å². The van der Waals surface area contributed by atoms with Crippen molar-refractivity contribution in [3.63, 3.8) is 0 Å². The SMILES string of the molecule is CC(N)(c1ncccn1)C1CC1. The van der Waals surface area contributed by atoms with Crippen molar-refractivity contribution in [1.29, 1.82) is 0 Å². The zero-order valence-electron chi connectivity index (χ0n) is 7.20. The van der Waals surface area contributed by atoms with Crippen molar-refractivity contribution in [2.24, 2.45) is 11.7 Å². The van der Waals surface area contributed by atoms with Crippen molar-refractivity contribution in [1.82, 2.24) is 9.97 Å². The Labute approximate surface area is 72.0 Å². The van der Waals surface area contributed by atoms with E-state index in [4.69, 9.17) is 5.73 Å². The molecule has 0 saturated heterocycles. The Hall–Kier alpha value is -0.960. The predicted molar refractivity (Wildman–Crippen MR) is 46.3 cm³/mol. The van der Waals surface area contributed by atoms with Gasteiger partial charge in [0.1, 0.15) is 5.82 Å². The maximum absolute atomic E-state index is 6.12. The van der Waals surface area contributed by atoms with Crippen LogP contribution in [0.2, 0.25) is 0 Å². The highest BCUT2D eigenvalue weighted by Gasteiger charge is 2.41. The second-order valence-corrected chi connectivity index (χ2v) is 3.63. The number of hydrogen-bond donors (Lipinski definition) is 1. The van der Waals surface area contributed by atoms with Gasteiger partial charge in [0.05, 0.1) is 5.54 Å². The molecular weight excluding hydrogens is 150 g/mol. The predicted octanol–water partition coefficient (Wildman–Crippen LogP) is 1.06. The second kappa shape index (κ2) is 2.52. The van der Waals surface area contributed by atoms with Crippen molar-refractivity contribution < 1.29 is 0 Å². The van der Waals surface area contributed by atoms with Crippen LogP contribution in [0, 0.1) is 5.92 Å². The van der Waals surface area contributed by atoms with Gasteiger partial charge in [-0.2, -0.15) is 0 Å². The topological polar surface area (TPSA) is 51.8 Å². The first kappa shape index (κ1) is 7.68. The van der Waals surface area contributed by atoms with E-state index in [2.05, 4.69) is 9.97 Å². The molecule has 1 unspecified atom stereocenters. The minimum Gasteiger partial charge on any atom is -0.319 e. The van der Waals surface area contributed by atoms with Crippen molar-refractivity contribution in [2.75, 3.05) is 0 Å². The number of nitrogens with two attached hydrogens (primary N) is 1. The van der Waals surface area contributed by atoms with Crippen molar-refractivity contribution in [2.45, 2.75) is 25.3 Å². The molecule has 2 N–H and O–H groups in total. The molecule has 0 amide bonds. The van der Waals surface area contributed by atoms with Crippen LogP contribution < -0.4 is 5.73 Å². The van der Waals surface area contributed by atoms with Crippen molar-refractivity contribution >= 4 is 0 Å². The third-order valence-corrected chi connectivity index (χ3v) is 2.47. The van der Waals surface area contributed by atoms with Gasteiger partial charge in [0, 0.05) is 12.4 Å². The first-order valence-corrected chi connectivity index (χ1v) is 4.27. The quantitative estimate of drug-likeness (QED) is 0.709. The molecule has 1 saturated carbocycles. The number of aromatic nitrogens is 2. The van der Waals surface area contributed by atoms with E-state index < -0.39 is 0 Å². The molecular formula is C9H13N3. The Kier molecular flexibility index (Phi) is 1.61. The van der Waals surface area contributed by atoms with E-state index >= 15 is 0 Å². The fourth-order valence-electron chi connectivity index (χ4n) is 1.44. The number of hydrogen-bond acceptors (Lipinski definition) is 3. The Balaban J connectivity index is 2.28. The molecule has 2 rings (SSSR count). The van der Waals surface area contributed by atoms with E-state index in [0.717, 1.165) is 5.82 Å². The summed E-state index contributed by atoms with van der Waals surface area (Å²) < 4.78 is 0. The van der Waals surface area contributed by atoms with Crippen LogP contribution in [0.15, 0.2) is 18.5 Å². The van der Waals surface area contributed by atoms with Gasteiger partial charge in [0.25, 0.3) is 0 Å². The molecule has 1 aromatic rings. The van der Waals surface area contributed by atoms with Crippen LogP contribution in [0.3, 0.4) is 0 Å². The van der Waals surface area contributed by atoms with Gasteiger partial charge in [-0.1, -0.05) is 0 Å². The van der Waals surface area contributed by atoms with Gasteiger partial charge in [-0.15, -0.1) is 0 Å². The molecule has 12 heavy (non-hydrogen) atoms. The zero-order valence-corrected chi connectivity index (χ0v) is 7.20. The minimum absolute atomic E-state index is 0.318. The largest absolute Gasteiger partial charge is 0.319 e. The average Bonchev–Trinajstić information content (AvgIpc) is 2.88. The van der Waals surface area contributed by atoms with E-state index in [-0.39, 0.29) is 5.54 Å². The third kappa shape index (κ3) is 1.20. The van der Waals surface area contributed by atoms with Crippen molar-refractivity contribution in [3.8, 4) is 0 Å². The molecule has 1 atom stereocenters. The first-order chi connectivity index (χ1) is 5.71. The molecule has 3 heteroatoms. The molecule has 1 aliphatic carbocycles. The highest BCUT2D eigenvalue weighted by atomic mass is 15.0. The summed E-state index contributed by atoms with van der Waals surface area (Å²) in [6.45, 7) is 2.01. The van der Waals surface area contributed by atoms with E-state index in [1.807, 2.05) is 13.0 Å². The lowest BCUT2D eigenvalue weighted by atomic mass is 9.96. The Morgan fingerprint density at radius 3 is 2.50 bits per heavy atom. The van der Waals surface area contributed by atoms with E-state index in [0.29, 0.717) is 5.92 Å². The summed E-state index contributed by atoms with van der Waals surface area (Å²) in [5.74, 6) is 1.35. The van der Waals surface area contributed by atoms with Crippen LogP contribution in [0.4, 0.5) is 0 Å². The van der Waals surface area contributed by atoms with Crippen LogP contribution in [0.5, 0.6) is 0 Å². The molecule has 1 aromatic heterocycles. The van der Waals surface area contributed by atoms with E-state index in [1.54, 1.807) is 12.4 Å². The summed E-state index contributed by atoms with van der Waals surface area (Å²) in [6, 6.07) is 1.81. The normalized spacial score (nSPS) is 21.8. The smallest absolute Gasteiger partial charge is 0.147 e. The van der Waals surface area contributed by atoms with Crippen LogP contribution in [-0.4, -0.2) is 9.97 Å². The van der Waals surface area contributed by atoms with Crippen LogP contribution >= 0.6 is 0 Å². The second-order valence-electron chi connectivity index (χ2n) is 3.63. The Morgan fingerprint density at radius 2 is 2.00 bits per heavy atom. The molecule has 0 radical (unpaired) electrons. The lowest BCUT2D eigenvalue weighted by Crippen LogP contribution is -2.37. The van der Waals surface area contributed by atoms with E-state index in [9.17, 15) is 0 Å². The summed E-state index contributed by atoms with van der Waals surface area (Å²) >= 11 is 0. The van der Waals surface area contributed by atoms with Gasteiger partial charge in [0.15, 0.2) is 0 Å². The number of nitrogens with zero attached hydrogens (tertiary/aromatic N) is 2. The molecule has 0 aromatic carbocycles. The van der Waals surface area contributed by atoms with E-state index in [1.165, 1.54) is 12.8 Å². The monoisotopic (exact) mass is 163 g/mol. The molecule has 0 aliphatic heterocycles. The van der Waals surface area contributed by atoms with Crippen LogP contribution in [0.25, 0.3) is 0 Å². The lowest BCUT2D eigenvalue weighted by Gasteiger charge is -2.21. The van der Waals surface area contributed by atoms with Crippen LogP contribution in [0.1, 0.15) is 25.6 Å². The molecule has 64 valence electrons. The van der Waals surface area contributed by atoms with Gasteiger partial charge in [-0.3, -0.25) is 0 Å². The molecule has 1 aliphatic rings. The van der Waals surface area contributed by atoms with Gasteiger partial charge in [-0.05, 0) is 31.7 Å². The average molecular weight is 163 g/mol. The molecule has 0 bridgehead atoms. The van der Waals surface area contributed by atoms with Crippen LogP contribution in [-0.2, 0) is 5.54 Å². The standard InChI is InChI=1S/C9H13N3/c1-9(10,7-3-4-7)8-11-5-2-6-12-8/h2,5-7H,3-4,10H2,1H3. The molecule has 1 heterocycles. The summed E-state index contributed by atoms with van der Waals surface area (Å²) in [7, 11) is 0. The summed E-state index contributed by atoms with van der Waals surface area (Å²) in [4.78, 5) is 8.35. The Bertz CT molecular complexity index is 264. The van der Waals surface area contributed by atoms with Crippen molar-refractivity contribution in [3.05, 3.63) is 24.3 Å². The summed E-state index contributed by atoms with van der Waals surface area (Å²) in [5, 5.41) is 0. The number of rotatable bonds is 2. The summed E-state index contributed by atoms with van der Waals surface area (Å²) in [5.41, 5.74) is 5.80. The maximum Gasteiger partial charge on any atom is 0.147 e. The Morgan fingerprint density at radius 1 is 1.42 bits per heavy atom. The molecule has 0 spiro atoms. The fourth-order valence-corrected chi connectivity index (χ4v) is 1.44. The minimum atomic E-state index is -0.318.